The van der Waals surface area contributed by atoms with Gasteiger partial charge in [0.2, 0.25) is 0 Å². The molecule has 1 aliphatic rings. The van der Waals surface area contributed by atoms with Crippen molar-refractivity contribution in [2.75, 3.05) is 10.7 Å². The number of carbonyl (C=O) groups excluding carboxylic acids is 1. The third-order valence-electron chi connectivity index (χ3n) is 2.69. The molecule has 0 saturated carbocycles. The number of nitrogen functional groups attached to an aromatic ring is 1. The SMILES string of the molecule is NNc1ccc2c3c(cccc13)C(=O)N2. The van der Waals surface area contributed by atoms with Gasteiger partial charge in [-0.1, -0.05) is 12.1 Å². The van der Waals surface area contributed by atoms with Gasteiger partial charge in [0.15, 0.2) is 0 Å². The topological polar surface area (TPSA) is 67.1 Å². The lowest BCUT2D eigenvalue weighted by Gasteiger charge is -2.06. The molecule has 0 unspecified atom stereocenters. The molecule has 0 aliphatic carbocycles. The molecular formula is C11H9N3O. The summed E-state index contributed by atoms with van der Waals surface area (Å²) in [6, 6.07) is 9.32. The van der Waals surface area contributed by atoms with Crippen LogP contribution in [0, 0.1) is 0 Å². The van der Waals surface area contributed by atoms with Crippen molar-refractivity contribution in [1.82, 2.24) is 0 Å². The Morgan fingerprint density at radius 1 is 1.20 bits per heavy atom. The minimum atomic E-state index is -0.0511. The van der Waals surface area contributed by atoms with Crippen LogP contribution in [0.2, 0.25) is 0 Å². The Bertz CT molecular complexity index is 577. The molecule has 1 aliphatic heterocycles. The second-order valence-corrected chi connectivity index (χ2v) is 3.49. The Kier molecular flexibility index (Phi) is 1.49. The molecule has 3 rings (SSSR count). The van der Waals surface area contributed by atoms with Gasteiger partial charge in [-0.15, -0.1) is 0 Å². The van der Waals surface area contributed by atoms with E-state index in [2.05, 4.69) is 10.7 Å². The highest BCUT2D eigenvalue weighted by atomic mass is 16.1. The molecule has 0 fully saturated rings. The van der Waals surface area contributed by atoms with Crippen LogP contribution in [0.25, 0.3) is 10.8 Å². The molecule has 2 aromatic rings. The molecule has 74 valence electrons. The molecule has 0 bridgehead atoms. The molecule has 0 atom stereocenters. The number of carbonyl (C=O) groups is 1. The zero-order chi connectivity index (χ0) is 10.4. The fraction of sp³-hybridized carbons (Fsp3) is 0. The van der Waals surface area contributed by atoms with E-state index < -0.39 is 0 Å². The number of benzene rings is 2. The van der Waals surface area contributed by atoms with Crippen LogP contribution in [0.15, 0.2) is 30.3 Å². The van der Waals surface area contributed by atoms with Crippen molar-refractivity contribution in [2.45, 2.75) is 0 Å². The van der Waals surface area contributed by atoms with Crippen molar-refractivity contribution in [3.8, 4) is 0 Å². The predicted octanol–water partition coefficient (Wildman–Crippen LogP) is 1.69. The molecule has 0 saturated heterocycles. The Morgan fingerprint density at radius 2 is 2.07 bits per heavy atom. The van der Waals surface area contributed by atoms with E-state index in [9.17, 15) is 4.79 Å². The number of hydrazine groups is 1. The maximum atomic E-state index is 11.6. The molecule has 0 radical (unpaired) electrons. The second kappa shape index (κ2) is 2.71. The van der Waals surface area contributed by atoms with Gasteiger partial charge in [0.1, 0.15) is 0 Å². The van der Waals surface area contributed by atoms with Gasteiger partial charge in [-0.2, -0.15) is 0 Å². The summed E-state index contributed by atoms with van der Waals surface area (Å²) >= 11 is 0. The van der Waals surface area contributed by atoms with Gasteiger partial charge < -0.3 is 10.7 Å². The third-order valence-corrected chi connectivity index (χ3v) is 2.69. The summed E-state index contributed by atoms with van der Waals surface area (Å²) in [6.07, 6.45) is 0. The first-order valence-corrected chi connectivity index (χ1v) is 4.65. The minimum Gasteiger partial charge on any atom is -0.324 e. The van der Waals surface area contributed by atoms with Crippen molar-refractivity contribution in [2.24, 2.45) is 5.84 Å². The second-order valence-electron chi connectivity index (χ2n) is 3.49. The summed E-state index contributed by atoms with van der Waals surface area (Å²) in [5.41, 5.74) is 5.01. The van der Waals surface area contributed by atoms with E-state index in [-0.39, 0.29) is 5.91 Å². The van der Waals surface area contributed by atoms with Crippen molar-refractivity contribution in [3.05, 3.63) is 35.9 Å². The largest absolute Gasteiger partial charge is 0.324 e. The van der Waals surface area contributed by atoms with Crippen molar-refractivity contribution in [1.29, 1.82) is 0 Å². The molecular weight excluding hydrogens is 190 g/mol. The lowest BCUT2D eigenvalue weighted by Crippen LogP contribution is -2.06. The van der Waals surface area contributed by atoms with Gasteiger partial charge in [-0.3, -0.25) is 10.6 Å². The van der Waals surface area contributed by atoms with Crippen LogP contribution in [-0.4, -0.2) is 5.91 Å². The number of rotatable bonds is 1. The highest BCUT2D eigenvalue weighted by Gasteiger charge is 2.21. The van der Waals surface area contributed by atoms with Gasteiger partial charge in [-0.05, 0) is 18.2 Å². The monoisotopic (exact) mass is 199 g/mol. The smallest absolute Gasteiger partial charge is 0.256 e. The number of anilines is 2. The molecule has 4 N–H and O–H groups in total. The lowest BCUT2D eigenvalue weighted by atomic mass is 10.0. The molecule has 1 amide bonds. The third kappa shape index (κ3) is 0.964. The van der Waals surface area contributed by atoms with E-state index in [1.54, 1.807) is 0 Å². The van der Waals surface area contributed by atoms with Crippen LogP contribution in [0.1, 0.15) is 10.4 Å². The fourth-order valence-electron chi connectivity index (χ4n) is 2.02. The van der Waals surface area contributed by atoms with Gasteiger partial charge in [0, 0.05) is 22.0 Å². The zero-order valence-corrected chi connectivity index (χ0v) is 7.87. The van der Waals surface area contributed by atoms with E-state index >= 15 is 0 Å². The summed E-state index contributed by atoms with van der Waals surface area (Å²) in [7, 11) is 0. The normalized spacial score (nSPS) is 13.0. The van der Waals surface area contributed by atoms with Crippen molar-refractivity contribution >= 4 is 28.1 Å². The molecule has 4 nitrogen and oxygen atoms in total. The molecule has 2 aromatic carbocycles. The Morgan fingerprint density at radius 3 is 2.87 bits per heavy atom. The van der Waals surface area contributed by atoms with Crippen LogP contribution < -0.4 is 16.6 Å². The standard InChI is InChI=1S/C11H9N3O/c12-14-8-4-5-9-10-6(8)2-1-3-7(10)11(15)13-9/h1-5,14H,12H2,(H,13,15). The first kappa shape index (κ1) is 8.26. The first-order valence-electron chi connectivity index (χ1n) is 4.65. The maximum Gasteiger partial charge on any atom is 0.256 e. The van der Waals surface area contributed by atoms with E-state index in [1.165, 1.54) is 0 Å². The Labute approximate surface area is 86.0 Å². The Hall–Kier alpha value is -2.07. The van der Waals surface area contributed by atoms with E-state index in [0.717, 1.165) is 22.1 Å². The maximum absolute atomic E-state index is 11.6. The molecule has 4 heteroatoms. The van der Waals surface area contributed by atoms with Crippen LogP contribution in [0.4, 0.5) is 11.4 Å². The van der Waals surface area contributed by atoms with Crippen LogP contribution in [0.3, 0.4) is 0 Å². The van der Waals surface area contributed by atoms with Gasteiger partial charge in [0.25, 0.3) is 5.91 Å². The van der Waals surface area contributed by atoms with Gasteiger partial charge in [-0.25, -0.2) is 0 Å². The zero-order valence-electron chi connectivity index (χ0n) is 7.87. The summed E-state index contributed by atoms with van der Waals surface area (Å²) < 4.78 is 0. The van der Waals surface area contributed by atoms with E-state index in [0.29, 0.717) is 5.56 Å². The quantitative estimate of drug-likeness (QED) is 0.483. The van der Waals surface area contributed by atoms with E-state index in [1.807, 2.05) is 30.3 Å². The first-order chi connectivity index (χ1) is 7.31. The lowest BCUT2D eigenvalue weighted by molar-refractivity contribution is 0.103. The molecule has 1 heterocycles. The van der Waals surface area contributed by atoms with Gasteiger partial charge >= 0.3 is 0 Å². The highest BCUT2D eigenvalue weighted by Crippen LogP contribution is 2.36. The fourth-order valence-corrected chi connectivity index (χ4v) is 2.02. The molecule has 15 heavy (non-hydrogen) atoms. The number of hydrogen-bond donors (Lipinski definition) is 3. The number of hydrogen-bond acceptors (Lipinski definition) is 3. The minimum absolute atomic E-state index is 0.0511. The van der Waals surface area contributed by atoms with E-state index in [4.69, 9.17) is 5.84 Å². The summed E-state index contributed by atoms with van der Waals surface area (Å²) in [5, 5.41) is 4.72. The summed E-state index contributed by atoms with van der Waals surface area (Å²) in [5.74, 6) is 5.36. The Balaban J connectivity index is 2.50. The van der Waals surface area contributed by atoms with Crippen LogP contribution in [-0.2, 0) is 0 Å². The average Bonchev–Trinajstić information content (AvgIpc) is 2.59. The molecule has 0 spiro atoms. The molecule has 0 aromatic heterocycles. The number of nitrogens with one attached hydrogen (secondary N) is 2. The van der Waals surface area contributed by atoms with Crippen LogP contribution in [0.5, 0.6) is 0 Å². The summed E-state index contributed by atoms with van der Waals surface area (Å²) in [6.45, 7) is 0. The van der Waals surface area contributed by atoms with Crippen molar-refractivity contribution < 1.29 is 4.79 Å². The highest BCUT2D eigenvalue weighted by molar-refractivity contribution is 6.25. The van der Waals surface area contributed by atoms with Crippen molar-refractivity contribution in [3.63, 3.8) is 0 Å². The number of nitrogens with two attached hydrogens (primary N) is 1. The predicted molar refractivity (Wildman–Crippen MR) is 59.7 cm³/mol. The summed E-state index contributed by atoms with van der Waals surface area (Å²) in [4.78, 5) is 11.6. The van der Waals surface area contributed by atoms with Crippen LogP contribution >= 0.6 is 0 Å². The number of amides is 1. The average molecular weight is 199 g/mol. The van der Waals surface area contributed by atoms with Gasteiger partial charge in [0.05, 0.1) is 5.69 Å².